The van der Waals surface area contributed by atoms with Gasteiger partial charge in [-0.2, -0.15) is 8.42 Å². The van der Waals surface area contributed by atoms with Crippen molar-refractivity contribution in [1.82, 2.24) is 9.80 Å². The summed E-state index contributed by atoms with van der Waals surface area (Å²) in [5.74, 6) is -0.811. The molecule has 8 N–H and O–H groups in total. The van der Waals surface area contributed by atoms with Gasteiger partial charge in [0.1, 0.15) is 0 Å². The molecule has 0 saturated heterocycles. The molecule has 14 nitrogen and oxygen atoms in total. The van der Waals surface area contributed by atoms with Crippen LogP contribution >= 0.6 is 0 Å². The van der Waals surface area contributed by atoms with Crippen molar-refractivity contribution in [3.05, 3.63) is 177 Å². The summed E-state index contributed by atoms with van der Waals surface area (Å²) < 4.78 is 31.6. The smallest absolute Gasteiger partial charge is 0.394 e. The van der Waals surface area contributed by atoms with E-state index in [4.69, 9.17) is 29.0 Å². The summed E-state index contributed by atoms with van der Waals surface area (Å²) in [5, 5.41) is 6.62. The van der Waals surface area contributed by atoms with Crippen LogP contribution in [-0.4, -0.2) is 78.6 Å². The predicted octanol–water partition coefficient (Wildman–Crippen LogP) is 7.05. The lowest BCUT2D eigenvalue weighted by molar-refractivity contribution is 0.0980. The molecule has 8 rings (SSSR count). The van der Waals surface area contributed by atoms with Crippen LogP contribution in [0.5, 0.6) is 0 Å². The van der Waals surface area contributed by atoms with E-state index in [0.717, 1.165) is 35.6 Å². The van der Waals surface area contributed by atoms with Crippen LogP contribution in [0, 0.1) is 0 Å². The van der Waals surface area contributed by atoms with E-state index in [1.165, 1.54) is 0 Å². The minimum absolute atomic E-state index is 0.190. The number of anilines is 6. The Morgan fingerprint density at radius 1 is 0.475 bits per heavy atom. The van der Waals surface area contributed by atoms with Crippen LogP contribution in [0.2, 0.25) is 0 Å². The monoisotopic (exact) mass is 840 g/mol. The predicted molar refractivity (Wildman–Crippen MR) is 237 cm³/mol. The summed E-state index contributed by atoms with van der Waals surface area (Å²) >= 11 is 0. The van der Waals surface area contributed by atoms with E-state index >= 15 is 0 Å². The number of fused-ring (bicyclic) bond motifs is 4. The minimum Gasteiger partial charge on any atom is -0.398 e. The zero-order chi connectivity index (χ0) is 44.2. The number of hydrogen-bond donors (Lipinski definition) is 6. The molecule has 0 bridgehead atoms. The van der Waals surface area contributed by atoms with E-state index in [1.54, 1.807) is 72.8 Å². The van der Waals surface area contributed by atoms with Gasteiger partial charge in [0.25, 0.3) is 0 Å². The van der Waals surface area contributed by atoms with Crippen molar-refractivity contribution < 1.29 is 36.7 Å². The highest BCUT2D eigenvalue weighted by atomic mass is 32.3. The Balaban J connectivity index is 0.000000184. The third-order valence-electron chi connectivity index (χ3n) is 9.63. The van der Waals surface area contributed by atoms with E-state index < -0.39 is 10.4 Å². The molecule has 2 aliphatic rings. The average molecular weight is 841 g/mol. The van der Waals surface area contributed by atoms with E-state index in [1.807, 2.05) is 64.6 Å². The SMILES string of the molecule is CN(C)Cc1cccc(Nc2ccc(N)c3c2C(=O)c2ccccc2C3=O)c1.CN(C)Cc1cccc(Nc2ccc(N)c3c2C(=O)c2ccccc2C3=O)c1.O=S(=O)(O)O. The number of rotatable bonds is 8. The lowest BCUT2D eigenvalue weighted by Gasteiger charge is -2.22. The standard InChI is InChI=1S/2C23H21N3O2.H2O4S/c2*1-26(2)13-14-6-5-7-15(12-14)25-19-11-10-18(24)20-21(19)23(28)17-9-4-3-8-16(17)22(20)27;1-5(2,3)4/h2*3-12,25H,13,24H2,1-2H3;(H2,1,2,3,4). The third kappa shape index (κ3) is 10.1. The summed E-state index contributed by atoms with van der Waals surface area (Å²) in [7, 11) is 3.38. The molecule has 0 amide bonds. The van der Waals surface area contributed by atoms with Gasteiger partial charge < -0.3 is 31.9 Å². The van der Waals surface area contributed by atoms with Crippen LogP contribution in [-0.2, 0) is 23.5 Å². The first-order valence-corrected chi connectivity index (χ1v) is 20.2. The van der Waals surface area contributed by atoms with E-state index in [0.29, 0.717) is 56.1 Å². The third-order valence-corrected chi connectivity index (χ3v) is 9.63. The molecule has 6 aromatic rings. The number of benzene rings is 6. The number of nitrogens with one attached hydrogen (secondary N) is 2. The number of carbonyl (C=O) groups is 4. The fourth-order valence-corrected chi connectivity index (χ4v) is 7.24. The quantitative estimate of drug-likeness (QED) is 0.0667. The van der Waals surface area contributed by atoms with Crippen molar-refractivity contribution in [2.24, 2.45) is 0 Å². The topological polar surface area (TPSA) is 225 Å². The molecule has 0 aromatic heterocycles. The highest BCUT2D eigenvalue weighted by Gasteiger charge is 2.34. The number of carbonyl (C=O) groups excluding carboxylic acids is 4. The highest BCUT2D eigenvalue weighted by Crippen LogP contribution is 2.38. The Hall–Kier alpha value is -7.01. The Kier molecular flexibility index (Phi) is 12.9. The van der Waals surface area contributed by atoms with Crippen molar-refractivity contribution in [2.45, 2.75) is 13.1 Å². The zero-order valence-corrected chi connectivity index (χ0v) is 34.6. The molecule has 15 heteroatoms. The second-order valence-corrected chi connectivity index (χ2v) is 15.8. The normalized spacial score (nSPS) is 12.6. The molecule has 0 unspecified atom stereocenters. The maximum Gasteiger partial charge on any atom is 0.394 e. The number of ketones is 4. The van der Waals surface area contributed by atoms with Crippen molar-refractivity contribution in [2.75, 3.05) is 50.3 Å². The van der Waals surface area contributed by atoms with Crippen LogP contribution in [0.15, 0.2) is 121 Å². The van der Waals surface area contributed by atoms with Gasteiger partial charge in [-0.05, 0) is 87.8 Å². The van der Waals surface area contributed by atoms with Crippen molar-refractivity contribution in [3.63, 3.8) is 0 Å². The lowest BCUT2D eigenvalue weighted by Crippen LogP contribution is -2.23. The maximum atomic E-state index is 13.2. The fraction of sp³-hybridized carbons (Fsp3) is 0.130. The molecular weight excluding hydrogens is 797 g/mol. The molecule has 0 aliphatic heterocycles. The van der Waals surface area contributed by atoms with E-state index in [2.05, 4.69) is 32.6 Å². The first-order chi connectivity index (χ1) is 28.9. The zero-order valence-electron chi connectivity index (χ0n) is 33.8. The Bertz CT molecular complexity index is 2640. The Morgan fingerprint density at radius 3 is 1.10 bits per heavy atom. The highest BCUT2D eigenvalue weighted by molar-refractivity contribution is 7.79. The lowest BCUT2D eigenvalue weighted by atomic mass is 9.82. The van der Waals surface area contributed by atoms with Gasteiger partial charge in [-0.3, -0.25) is 28.3 Å². The van der Waals surface area contributed by atoms with Crippen LogP contribution in [0.25, 0.3) is 0 Å². The van der Waals surface area contributed by atoms with Crippen molar-refractivity contribution in [1.29, 1.82) is 0 Å². The Labute approximate surface area is 353 Å². The first-order valence-electron chi connectivity index (χ1n) is 18.8. The van der Waals surface area contributed by atoms with Gasteiger partial charge in [0, 0.05) is 58.1 Å². The number of nitrogens with two attached hydrogens (primary N) is 2. The van der Waals surface area contributed by atoms with E-state index in [9.17, 15) is 19.2 Å². The molecule has 61 heavy (non-hydrogen) atoms. The molecule has 0 fully saturated rings. The second-order valence-electron chi connectivity index (χ2n) is 14.9. The maximum absolute atomic E-state index is 13.2. The summed E-state index contributed by atoms with van der Waals surface area (Å²) in [4.78, 5) is 56.5. The molecule has 0 saturated carbocycles. The second kappa shape index (κ2) is 18.1. The van der Waals surface area contributed by atoms with Gasteiger partial charge in [0.2, 0.25) is 0 Å². The Morgan fingerprint density at radius 2 is 0.787 bits per heavy atom. The summed E-state index contributed by atoms with van der Waals surface area (Å²) in [6.45, 7) is 1.61. The molecule has 312 valence electrons. The summed E-state index contributed by atoms with van der Waals surface area (Å²) in [6, 6.07) is 36.6. The number of nitrogen functional groups attached to an aromatic ring is 2. The largest absolute Gasteiger partial charge is 0.398 e. The van der Waals surface area contributed by atoms with Crippen LogP contribution < -0.4 is 22.1 Å². The molecule has 0 heterocycles. The van der Waals surface area contributed by atoms with Gasteiger partial charge in [-0.25, -0.2) is 0 Å². The van der Waals surface area contributed by atoms with Gasteiger partial charge in [-0.15, -0.1) is 0 Å². The van der Waals surface area contributed by atoms with Gasteiger partial charge in [0.05, 0.1) is 33.6 Å². The molecule has 0 spiro atoms. The first kappa shape index (κ1) is 43.6. The van der Waals surface area contributed by atoms with E-state index in [-0.39, 0.29) is 34.3 Å². The summed E-state index contributed by atoms with van der Waals surface area (Å²) in [5.41, 5.74) is 20.8. The summed E-state index contributed by atoms with van der Waals surface area (Å²) in [6.07, 6.45) is 0. The minimum atomic E-state index is -4.67. The van der Waals surface area contributed by atoms with Gasteiger partial charge >= 0.3 is 10.4 Å². The van der Waals surface area contributed by atoms with Crippen molar-refractivity contribution >= 4 is 67.7 Å². The van der Waals surface area contributed by atoms with Crippen molar-refractivity contribution in [3.8, 4) is 0 Å². The molecular formula is C46H44N6O8S. The fourth-order valence-electron chi connectivity index (χ4n) is 7.24. The van der Waals surface area contributed by atoms with Crippen LogP contribution in [0.1, 0.15) is 74.8 Å². The molecule has 0 radical (unpaired) electrons. The van der Waals surface area contributed by atoms with Crippen LogP contribution in [0.4, 0.5) is 34.1 Å². The molecule has 2 aliphatic carbocycles. The molecule has 0 atom stereocenters. The molecule has 6 aromatic carbocycles. The van der Waals surface area contributed by atoms with Gasteiger partial charge in [-0.1, -0.05) is 72.8 Å². The van der Waals surface area contributed by atoms with Crippen LogP contribution in [0.3, 0.4) is 0 Å². The average Bonchev–Trinajstić information content (AvgIpc) is 3.20. The number of nitrogens with zero attached hydrogens (tertiary/aromatic N) is 2. The van der Waals surface area contributed by atoms with Gasteiger partial charge in [0.15, 0.2) is 23.1 Å². The number of hydrogen-bond acceptors (Lipinski definition) is 12.